The zero-order valence-electron chi connectivity index (χ0n) is 18.8. The maximum absolute atomic E-state index is 10.6. The highest BCUT2D eigenvalue weighted by atomic mass is 28.4. The van der Waals surface area contributed by atoms with Gasteiger partial charge in [-0.15, -0.1) is 0 Å². The fourth-order valence-electron chi connectivity index (χ4n) is 4.73. The molecule has 29 heavy (non-hydrogen) atoms. The third-order valence-corrected chi connectivity index (χ3v) is 12.0. The number of fused-ring (bicyclic) bond motifs is 1. The molecule has 1 saturated carbocycles. The standard InChI is InChI=1S/C24H40O4Si/c1-24(2,3)29(4,5)28-18(12-11-17-9-7-6-8-10-17)13-14-19-20-15-23(26)27-22(20)16-21(19)25/h6-10,18-23,25-26H,11-16H2,1-5H3/t18?,19-,20-,21-,22+,23?/m1/s1. The van der Waals surface area contributed by atoms with E-state index in [0.717, 1.165) is 25.7 Å². The van der Waals surface area contributed by atoms with Crippen LogP contribution in [0.4, 0.5) is 0 Å². The Kier molecular flexibility index (Phi) is 7.27. The van der Waals surface area contributed by atoms with Crippen molar-refractivity contribution < 1.29 is 19.4 Å². The van der Waals surface area contributed by atoms with E-state index in [1.807, 2.05) is 0 Å². The van der Waals surface area contributed by atoms with E-state index in [9.17, 15) is 10.2 Å². The molecule has 3 rings (SSSR count). The number of rotatable bonds is 8. The van der Waals surface area contributed by atoms with E-state index in [1.165, 1.54) is 5.56 Å². The van der Waals surface area contributed by atoms with E-state index < -0.39 is 14.6 Å². The number of hydrogen-bond donors (Lipinski definition) is 2. The van der Waals surface area contributed by atoms with Crippen molar-refractivity contribution in [3.63, 3.8) is 0 Å². The van der Waals surface area contributed by atoms with Crippen molar-refractivity contribution in [1.82, 2.24) is 0 Å². The minimum atomic E-state index is -1.86. The van der Waals surface area contributed by atoms with Crippen LogP contribution in [-0.4, -0.2) is 43.1 Å². The Morgan fingerprint density at radius 3 is 2.45 bits per heavy atom. The zero-order chi connectivity index (χ0) is 21.2. The van der Waals surface area contributed by atoms with Crippen LogP contribution in [-0.2, 0) is 15.6 Å². The van der Waals surface area contributed by atoms with Gasteiger partial charge in [-0.05, 0) is 61.2 Å². The molecule has 1 aromatic rings. The van der Waals surface area contributed by atoms with Crippen LogP contribution in [0.1, 0.15) is 58.4 Å². The van der Waals surface area contributed by atoms with E-state index in [-0.39, 0.29) is 35.2 Å². The Bertz CT molecular complexity index is 642. The van der Waals surface area contributed by atoms with Crippen LogP contribution in [0.3, 0.4) is 0 Å². The highest BCUT2D eigenvalue weighted by Gasteiger charge is 2.48. The molecule has 1 aromatic carbocycles. The summed E-state index contributed by atoms with van der Waals surface area (Å²) in [6, 6.07) is 10.6. The molecule has 0 radical (unpaired) electrons. The monoisotopic (exact) mass is 420 g/mol. The van der Waals surface area contributed by atoms with Gasteiger partial charge in [-0.3, -0.25) is 0 Å². The molecular weight excluding hydrogens is 380 g/mol. The van der Waals surface area contributed by atoms with E-state index in [4.69, 9.17) is 9.16 Å². The van der Waals surface area contributed by atoms with Gasteiger partial charge in [-0.1, -0.05) is 51.1 Å². The lowest BCUT2D eigenvalue weighted by atomic mass is 9.86. The molecule has 164 valence electrons. The Balaban J connectivity index is 1.64. The SMILES string of the molecule is CC(C)(C)[Si](C)(C)OC(CCc1ccccc1)CC[C@@H]1[C@H]2CC(O)O[C@H]2C[C@H]1O. The summed E-state index contributed by atoms with van der Waals surface area (Å²) >= 11 is 0. The topological polar surface area (TPSA) is 58.9 Å². The summed E-state index contributed by atoms with van der Waals surface area (Å²) in [7, 11) is -1.86. The largest absolute Gasteiger partial charge is 0.414 e. The summed E-state index contributed by atoms with van der Waals surface area (Å²) in [5.74, 6) is 0.488. The van der Waals surface area contributed by atoms with Crippen LogP contribution in [0.15, 0.2) is 30.3 Å². The average molecular weight is 421 g/mol. The third-order valence-electron chi connectivity index (χ3n) is 7.49. The molecule has 0 aromatic heterocycles. The maximum Gasteiger partial charge on any atom is 0.192 e. The predicted octanol–water partition coefficient (Wildman–Crippen LogP) is 4.89. The molecule has 1 aliphatic heterocycles. The van der Waals surface area contributed by atoms with Crippen LogP contribution >= 0.6 is 0 Å². The van der Waals surface area contributed by atoms with Gasteiger partial charge in [0.1, 0.15) is 0 Å². The van der Waals surface area contributed by atoms with E-state index in [1.54, 1.807) is 0 Å². The Hall–Kier alpha value is -0.723. The van der Waals surface area contributed by atoms with Crippen molar-refractivity contribution in [2.75, 3.05) is 0 Å². The molecule has 0 amide bonds. The molecule has 2 unspecified atom stereocenters. The number of aryl methyl sites for hydroxylation is 1. The molecule has 1 heterocycles. The number of ether oxygens (including phenoxy) is 1. The molecule has 2 fully saturated rings. The van der Waals surface area contributed by atoms with Gasteiger partial charge in [0.05, 0.1) is 12.2 Å². The number of benzene rings is 1. The second kappa shape index (κ2) is 9.19. The average Bonchev–Trinajstić information content (AvgIpc) is 3.12. The van der Waals surface area contributed by atoms with Crippen LogP contribution < -0.4 is 0 Å². The molecule has 1 aliphatic carbocycles. The van der Waals surface area contributed by atoms with Crippen molar-refractivity contribution in [3.8, 4) is 0 Å². The number of aliphatic hydroxyl groups excluding tert-OH is 2. The molecule has 0 bridgehead atoms. The van der Waals surface area contributed by atoms with Crippen LogP contribution in [0.5, 0.6) is 0 Å². The fourth-order valence-corrected chi connectivity index (χ4v) is 6.16. The van der Waals surface area contributed by atoms with E-state index in [2.05, 4.69) is 64.2 Å². The van der Waals surface area contributed by atoms with Gasteiger partial charge < -0.3 is 19.4 Å². The minimum Gasteiger partial charge on any atom is -0.414 e. The normalized spacial score (nSPS) is 31.1. The van der Waals surface area contributed by atoms with Crippen molar-refractivity contribution in [1.29, 1.82) is 0 Å². The number of aliphatic hydroxyl groups is 2. The van der Waals surface area contributed by atoms with Gasteiger partial charge >= 0.3 is 0 Å². The minimum absolute atomic E-state index is 0.0223. The number of hydrogen-bond acceptors (Lipinski definition) is 4. The zero-order valence-corrected chi connectivity index (χ0v) is 19.8. The lowest BCUT2D eigenvalue weighted by Crippen LogP contribution is -2.44. The van der Waals surface area contributed by atoms with E-state index >= 15 is 0 Å². The summed E-state index contributed by atoms with van der Waals surface area (Å²) in [4.78, 5) is 0. The Morgan fingerprint density at radius 1 is 1.10 bits per heavy atom. The van der Waals surface area contributed by atoms with Crippen molar-refractivity contribution in [2.45, 2.75) is 102 Å². The maximum atomic E-state index is 10.6. The lowest BCUT2D eigenvalue weighted by molar-refractivity contribution is -0.0951. The first-order valence-electron chi connectivity index (χ1n) is 11.3. The summed E-state index contributed by atoms with van der Waals surface area (Å²) in [6.07, 6.45) is 4.48. The van der Waals surface area contributed by atoms with Gasteiger partial charge in [-0.25, -0.2) is 0 Å². The molecule has 2 aliphatic rings. The molecule has 4 nitrogen and oxygen atoms in total. The molecular formula is C24H40O4Si. The van der Waals surface area contributed by atoms with E-state index in [0.29, 0.717) is 12.8 Å². The lowest BCUT2D eigenvalue weighted by Gasteiger charge is -2.40. The summed E-state index contributed by atoms with van der Waals surface area (Å²) < 4.78 is 12.4. The smallest absolute Gasteiger partial charge is 0.192 e. The summed E-state index contributed by atoms with van der Waals surface area (Å²) in [5, 5.41) is 20.6. The molecule has 6 atom stereocenters. The van der Waals surface area contributed by atoms with Crippen LogP contribution in [0, 0.1) is 11.8 Å². The first-order chi connectivity index (χ1) is 13.6. The quantitative estimate of drug-likeness (QED) is 0.588. The molecule has 2 N–H and O–H groups in total. The Labute approximate surface area is 177 Å². The van der Waals surface area contributed by atoms with Crippen molar-refractivity contribution >= 4 is 8.32 Å². The molecule has 0 spiro atoms. The van der Waals surface area contributed by atoms with Crippen LogP contribution in [0.2, 0.25) is 18.1 Å². The van der Waals surface area contributed by atoms with Gasteiger partial charge in [-0.2, -0.15) is 0 Å². The Morgan fingerprint density at radius 2 is 1.79 bits per heavy atom. The van der Waals surface area contributed by atoms with Crippen molar-refractivity contribution in [3.05, 3.63) is 35.9 Å². The van der Waals surface area contributed by atoms with Gasteiger partial charge in [0.2, 0.25) is 0 Å². The highest BCUT2D eigenvalue weighted by Crippen LogP contribution is 2.45. The highest BCUT2D eigenvalue weighted by molar-refractivity contribution is 6.74. The van der Waals surface area contributed by atoms with Gasteiger partial charge in [0.15, 0.2) is 14.6 Å². The second-order valence-corrected chi connectivity index (χ2v) is 15.4. The van der Waals surface area contributed by atoms with Gasteiger partial charge in [0, 0.05) is 18.9 Å². The third kappa shape index (κ3) is 5.70. The molecule has 1 saturated heterocycles. The predicted molar refractivity (Wildman–Crippen MR) is 119 cm³/mol. The second-order valence-electron chi connectivity index (χ2n) is 10.6. The summed E-state index contributed by atoms with van der Waals surface area (Å²) in [6.45, 7) is 11.5. The van der Waals surface area contributed by atoms with Crippen molar-refractivity contribution in [2.24, 2.45) is 11.8 Å². The van der Waals surface area contributed by atoms with Gasteiger partial charge in [0.25, 0.3) is 0 Å². The molecule has 5 heteroatoms. The summed E-state index contributed by atoms with van der Waals surface area (Å²) in [5.41, 5.74) is 1.35. The first-order valence-corrected chi connectivity index (χ1v) is 14.2. The van der Waals surface area contributed by atoms with Crippen LogP contribution in [0.25, 0.3) is 0 Å². The fraction of sp³-hybridized carbons (Fsp3) is 0.750. The first kappa shape index (κ1) is 23.0.